The summed E-state index contributed by atoms with van der Waals surface area (Å²) in [4.78, 5) is 22.6. The van der Waals surface area contributed by atoms with Crippen LogP contribution in [0.25, 0.3) is 11.3 Å². The van der Waals surface area contributed by atoms with E-state index in [1.807, 2.05) is 18.2 Å². The minimum Gasteiger partial charge on any atom is -0.490 e. The largest absolute Gasteiger partial charge is 0.490 e. The third-order valence-electron chi connectivity index (χ3n) is 4.38. The highest BCUT2D eigenvalue weighted by molar-refractivity contribution is 9.10. The molecule has 1 saturated heterocycles. The van der Waals surface area contributed by atoms with Crippen LogP contribution in [0.15, 0.2) is 22.7 Å². The lowest BCUT2D eigenvalue weighted by molar-refractivity contribution is 0.0677. The van der Waals surface area contributed by atoms with E-state index in [1.54, 1.807) is 21.0 Å². The van der Waals surface area contributed by atoms with Crippen molar-refractivity contribution in [3.63, 3.8) is 0 Å². The lowest BCUT2D eigenvalue weighted by Crippen LogP contribution is -2.24. The van der Waals surface area contributed by atoms with Crippen molar-refractivity contribution >= 4 is 27.8 Å². The maximum atomic E-state index is 12.6. The molecule has 1 aromatic carbocycles. The number of hydrogen-bond acceptors (Lipinski definition) is 6. The molecule has 0 bridgehead atoms. The molecule has 1 atom stereocenters. The van der Waals surface area contributed by atoms with Crippen LogP contribution in [0.5, 0.6) is 5.75 Å². The second kappa shape index (κ2) is 8.22. The topological polar surface area (TPSA) is 90.6 Å². The van der Waals surface area contributed by atoms with E-state index in [0.717, 1.165) is 29.5 Å². The number of hydrogen-bond donors (Lipinski definition) is 1. The summed E-state index contributed by atoms with van der Waals surface area (Å²) in [6.45, 7) is 3.07. The van der Waals surface area contributed by atoms with Crippen LogP contribution in [0, 0.1) is 6.92 Å². The van der Waals surface area contributed by atoms with Gasteiger partial charge in [0.15, 0.2) is 0 Å². The molecule has 27 heavy (non-hydrogen) atoms. The number of nitrogens with two attached hydrogens (primary N) is 1. The fourth-order valence-electron chi connectivity index (χ4n) is 3.01. The van der Waals surface area contributed by atoms with Crippen molar-refractivity contribution in [1.82, 2.24) is 14.9 Å². The van der Waals surface area contributed by atoms with Crippen LogP contribution in [-0.2, 0) is 4.74 Å². The quantitative estimate of drug-likeness (QED) is 0.777. The monoisotopic (exact) mass is 434 g/mol. The summed E-state index contributed by atoms with van der Waals surface area (Å²) in [6, 6.07) is 5.59. The Morgan fingerprint density at radius 3 is 2.81 bits per heavy atom. The standard InChI is InChI=1S/C19H23BrN4O3/c1-11-16(18(25)24(2)3)17(23-19(21)22-11)12-6-7-15(14(20)9-12)27-10-13-5-4-8-26-13/h6-7,9,13H,4-5,8,10H2,1-3H3,(H2,21,22,23). The average Bonchev–Trinajstić information content (AvgIpc) is 3.13. The SMILES string of the molecule is Cc1nc(N)nc(-c2ccc(OCC3CCCO3)c(Br)c2)c1C(=O)N(C)C. The number of ether oxygens (including phenoxy) is 2. The highest BCUT2D eigenvalue weighted by atomic mass is 79.9. The van der Waals surface area contributed by atoms with Gasteiger partial charge in [-0.3, -0.25) is 4.79 Å². The van der Waals surface area contributed by atoms with Crippen LogP contribution in [0.2, 0.25) is 0 Å². The summed E-state index contributed by atoms with van der Waals surface area (Å²) in [5.74, 6) is 0.679. The predicted octanol–water partition coefficient (Wildman–Crippen LogP) is 3.06. The van der Waals surface area contributed by atoms with Crippen molar-refractivity contribution in [2.24, 2.45) is 0 Å². The van der Waals surface area contributed by atoms with E-state index in [0.29, 0.717) is 29.3 Å². The van der Waals surface area contributed by atoms with Crippen LogP contribution in [0.4, 0.5) is 5.95 Å². The summed E-state index contributed by atoms with van der Waals surface area (Å²) < 4.78 is 12.2. The second-order valence-electron chi connectivity index (χ2n) is 6.68. The minimum atomic E-state index is -0.169. The van der Waals surface area contributed by atoms with Crippen molar-refractivity contribution in [2.75, 3.05) is 33.0 Å². The Morgan fingerprint density at radius 2 is 2.19 bits per heavy atom. The smallest absolute Gasteiger partial charge is 0.257 e. The molecule has 1 aliphatic heterocycles. The van der Waals surface area contributed by atoms with E-state index in [1.165, 1.54) is 4.90 Å². The zero-order chi connectivity index (χ0) is 19.6. The summed E-state index contributed by atoms with van der Waals surface area (Å²) in [6.07, 6.45) is 2.24. The third kappa shape index (κ3) is 4.39. The van der Waals surface area contributed by atoms with Gasteiger partial charge in [0.1, 0.15) is 12.4 Å². The Morgan fingerprint density at radius 1 is 1.41 bits per heavy atom. The second-order valence-corrected chi connectivity index (χ2v) is 7.54. The molecular weight excluding hydrogens is 412 g/mol. The van der Waals surface area contributed by atoms with Gasteiger partial charge in [0.05, 0.1) is 27.5 Å². The zero-order valence-corrected chi connectivity index (χ0v) is 17.2. The van der Waals surface area contributed by atoms with Gasteiger partial charge in [-0.05, 0) is 53.9 Å². The highest BCUT2D eigenvalue weighted by Crippen LogP contribution is 2.33. The molecule has 2 N–H and O–H groups in total. The van der Waals surface area contributed by atoms with Gasteiger partial charge in [-0.2, -0.15) is 0 Å². The van der Waals surface area contributed by atoms with Crippen LogP contribution < -0.4 is 10.5 Å². The molecule has 0 saturated carbocycles. The van der Waals surface area contributed by atoms with Gasteiger partial charge >= 0.3 is 0 Å². The number of benzene rings is 1. The van der Waals surface area contributed by atoms with Crippen LogP contribution >= 0.6 is 15.9 Å². The molecule has 2 aromatic rings. The zero-order valence-electron chi connectivity index (χ0n) is 15.7. The number of nitrogens with zero attached hydrogens (tertiary/aromatic N) is 3. The molecule has 3 rings (SSSR count). The van der Waals surface area contributed by atoms with Crippen molar-refractivity contribution in [2.45, 2.75) is 25.9 Å². The Balaban J connectivity index is 1.92. The average molecular weight is 435 g/mol. The van der Waals surface area contributed by atoms with Crippen molar-refractivity contribution in [3.05, 3.63) is 33.9 Å². The number of anilines is 1. The molecule has 1 aliphatic rings. The fraction of sp³-hybridized carbons (Fsp3) is 0.421. The Hall–Kier alpha value is -2.19. The Kier molecular flexibility index (Phi) is 5.96. The molecule has 1 fully saturated rings. The molecule has 1 aromatic heterocycles. The van der Waals surface area contributed by atoms with Crippen molar-refractivity contribution < 1.29 is 14.3 Å². The number of amides is 1. The summed E-state index contributed by atoms with van der Waals surface area (Å²) >= 11 is 3.55. The van der Waals surface area contributed by atoms with Crippen molar-refractivity contribution in [3.8, 4) is 17.0 Å². The van der Waals surface area contributed by atoms with Gasteiger partial charge in [0, 0.05) is 26.3 Å². The first-order chi connectivity index (χ1) is 12.9. The third-order valence-corrected chi connectivity index (χ3v) is 5.00. The maximum Gasteiger partial charge on any atom is 0.257 e. The Labute approximate surface area is 167 Å². The van der Waals surface area contributed by atoms with E-state index < -0.39 is 0 Å². The molecule has 7 nitrogen and oxygen atoms in total. The van der Waals surface area contributed by atoms with Gasteiger partial charge < -0.3 is 20.1 Å². The fourth-order valence-corrected chi connectivity index (χ4v) is 3.50. The molecule has 2 heterocycles. The molecular formula is C19H23BrN4O3. The molecule has 0 spiro atoms. The minimum absolute atomic E-state index is 0.132. The lowest BCUT2D eigenvalue weighted by Gasteiger charge is -2.17. The van der Waals surface area contributed by atoms with E-state index in [9.17, 15) is 4.79 Å². The number of rotatable bonds is 5. The first-order valence-corrected chi connectivity index (χ1v) is 9.56. The molecule has 8 heteroatoms. The van der Waals surface area contributed by atoms with Gasteiger partial charge in [0.2, 0.25) is 5.95 Å². The highest BCUT2D eigenvalue weighted by Gasteiger charge is 2.22. The normalized spacial score (nSPS) is 16.4. The van der Waals surface area contributed by atoms with Gasteiger partial charge in [-0.1, -0.05) is 0 Å². The molecule has 1 unspecified atom stereocenters. The van der Waals surface area contributed by atoms with Gasteiger partial charge in [-0.25, -0.2) is 9.97 Å². The molecule has 1 amide bonds. The summed E-state index contributed by atoms with van der Waals surface area (Å²) in [5, 5.41) is 0. The van der Waals surface area contributed by atoms with Gasteiger partial charge in [0.25, 0.3) is 5.91 Å². The number of nitrogen functional groups attached to an aromatic ring is 1. The Bertz CT molecular complexity index is 851. The summed E-state index contributed by atoms with van der Waals surface area (Å²) in [7, 11) is 3.39. The van der Waals surface area contributed by atoms with Crippen LogP contribution in [-0.4, -0.2) is 54.2 Å². The maximum absolute atomic E-state index is 12.6. The number of halogens is 1. The lowest BCUT2D eigenvalue weighted by atomic mass is 10.0. The van der Waals surface area contributed by atoms with E-state index in [4.69, 9.17) is 15.2 Å². The van der Waals surface area contributed by atoms with E-state index in [2.05, 4.69) is 25.9 Å². The van der Waals surface area contributed by atoms with Crippen LogP contribution in [0.1, 0.15) is 28.9 Å². The molecule has 144 valence electrons. The summed E-state index contributed by atoms with van der Waals surface area (Å²) in [5.41, 5.74) is 8.08. The number of aromatic nitrogens is 2. The number of carbonyl (C=O) groups is 1. The predicted molar refractivity (Wildman–Crippen MR) is 107 cm³/mol. The first-order valence-electron chi connectivity index (χ1n) is 8.77. The van der Waals surface area contributed by atoms with E-state index >= 15 is 0 Å². The van der Waals surface area contributed by atoms with E-state index in [-0.39, 0.29) is 18.0 Å². The van der Waals surface area contributed by atoms with Crippen molar-refractivity contribution in [1.29, 1.82) is 0 Å². The van der Waals surface area contributed by atoms with Crippen LogP contribution in [0.3, 0.4) is 0 Å². The number of carbonyl (C=O) groups excluding carboxylic acids is 1. The number of aryl methyl sites for hydroxylation is 1. The molecule has 0 aliphatic carbocycles. The first kappa shape index (κ1) is 19.6. The molecule has 0 radical (unpaired) electrons. The van der Waals surface area contributed by atoms with Gasteiger partial charge in [-0.15, -0.1) is 0 Å².